The number of aromatic nitrogens is 1. The van der Waals surface area contributed by atoms with E-state index in [1.807, 2.05) is 46.2 Å². The van der Waals surface area contributed by atoms with Gasteiger partial charge < -0.3 is 14.5 Å². The first-order valence-corrected chi connectivity index (χ1v) is 10.1. The second kappa shape index (κ2) is 8.23. The highest BCUT2D eigenvalue weighted by Gasteiger charge is 2.49. The van der Waals surface area contributed by atoms with Crippen LogP contribution in [0.2, 0.25) is 0 Å². The van der Waals surface area contributed by atoms with E-state index >= 15 is 0 Å². The quantitative estimate of drug-likeness (QED) is 0.784. The molecule has 6 nitrogen and oxygen atoms in total. The maximum atomic E-state index is 12.8. The van der Waals surface area contributed by atoms with Crippen LogP contribution in [0.4, 0.5) is 0 Å². The Kier molecular flexibility index (Phi) is 5.51. The molecule has 2 aliphatic rings. The summed E-state index contributed by atoms with van der Waals surface area (Å²) >= 11 is 0. The lowest BCUT2D eigenvalue weighted by Gasteiger charge is -2.29. The number of hydrogen-bond donors (Lipinski definition) is 0. The third-order valence-electron chi connectivity index (χ3n) is 6.26. The van der Waals surface area contributed by atoms with Crippen LogP contribution in [0.3, 0.4) is 0 Å². The van der Waals surface area contributed by atoms with Crippen molar-refractivity contribution in [3.05, 3.63) is 59.9 Å². The number of likely N-dealkylation sites (tertiary alicyclic amines) is 2. The van der Waals surface area contributed by atoms with Crippen molar-refractivity contribution in [2.75, 3.05) is 26.7 Å². The van der Waals surface area contributed by atoms with Gasteiger partial charge in [0, 0.05) is 57.2 Å². The minimum absolute atomic E-state index is 0.0152. The molecule has 2 aliphatic heterocycles. The Balaban J connectivity index is 1.46. The predicted octanol–water partition coefficient (Wildman–Crippen LogP) is 2.70. The van der Waals surface area contributed by atoms with Crippen LogP contribution >= 0.6 is 0 Å². The molecule has 0 saturated carbocycles. The van der Waals surface area contributed by atoms with Gasteiger partial charge in [-0.05, 0) is 41.8 Å². The van der Waals surface area contributed by atoms with Crippen LogP contribution < -0.4 is 4.74 Å². The molecule has 1 aromatic heterocycles. The fourth-order valence-corrected chi connectivity index (χ4v) is 4.76. The number of nitrogens with zero attached hydrogens (tertiary/aromatic N) is 3. The second-order valence-electron chi connectivity index (χ2n) is 7.97. The molecule has 0 unspecified atom stereocenters. The Morgan fingerprint density at radius 2 is 1.79 bits per heavy atom. The van der Waals surface area contributed by atoms with Gasteiger partial charge in [0.2, 0.25) is 11.8 Å². The van der Waals surface area contributed by atoms with Gasteiger partial charge >= 0.3 is 0 Å². The lowest BCUT2D eigenvalue weighted by molar-refractivity contribution is -0.131. The van der Waals surface area contributed by atoms with Crippen molar-refractivity contribution in [2.24, 2.45) is 11.8 Å². The average Bonchev–Trinajstić information content (AvgIpc) is 3.31. The number of amides is 2. The Morgan fingerprint density at radius 3 is 2.45 bits per heavy atom. The van der Waals surface area contributed by atoms with Gasteiger partial charge in [0.15, 0.2) is 0 Å². The number of pyridine rings is 1. The number of rotatable bonds is 5. The number of fused-ring (bicyclic) bond motifs is 1. The third-order valence-corrected chi connectivity index (χ3v) is 6.26. The molecule has 152 valence electrons. The SMILES string of the molecule is COc1ccc([C@H]2[C@@H]3CN(C(=O)CCc4ccncc4)C[C@@H]3CN2C(C)=O)cc1. The fraction of sp³-hybridized carbons (Fsp3) is 0.435. The molecule has 0 bridgehead atoms. The van der Waals surface area contributed by atoms with Crippen molar-refractivity contribution in [3.63, 3.8) is 0 Å². The Morgan fingerprint density at radius 1 is 1.07 bits per heavy atom. The first-order valence-electron chi connectivity index (χ1n) is 10.1. The molecule has 0 N–H and O–H groups in total. The summed E-state index contributed by atoms with van der Waals surface area (Å²) in [6.07, 6.45) is 4.76. The van der Waals surface area contributed by atoms with E-state index in [2.05, 4.69) is 4.98 Å². The highest BCUT2D eigenvalue weighted by Crippen LogP contribution is 2.45. The number of carbonyl (C=O) groups is 2. The van der Waals surface area contributed by atoms with E-state index in [0.717, 1.165) is 29.8 Å². The van der Waals surface area contributed by atoms with E-state index in [-0.39, 0.29) is 23.8 Å². The lowest BCUT2D eigenvalue weighted by Crippen LogP contribution is -2.36. The van der Waals surface area contributed by atoms with Crippen LogP contribution in [0.5, 0.6) is 5.75 Å². The van der Waals surface area contributed by atoms with Gasteiger partial charge in [0.05, 0.1) is 13.2 Å². The summed E-state index contributed by atoms with van der Waals surface area (Å²) in [6.45, 7) is 3.79. The van der Waals surface area contributed by atoms with Crippen LogP contribution in [0.1, 0.15) is 30.5 Å². The molecule has 2 aromatic rings. The summed E-state index contributed by atoms with van der Waals surface area (Å²) in [7, 11) is 1.65. The van der Waals surface area contributed by atoms with Crippen LogP contribution in [0.25, 0.3) is 0 Å². The number of benzene rings is 1. The summed E-state index contributed by atoms with van der Waals surface area (Å²) < 4.78 is 5.27. The third kappa shape index (κ3) is 3.97. The van der Waals surface area contributed by atoms with E-state index in [4.69, 9.17) is 4.74 Å². The summed E-state index contributed by atoms with van der Waals surface area (Å²) in [6, 6.07) is 11.9. The summed E-state index contributed by atoms with van der Waals surface area (Å²) in [4.78, 5) is 33.1. The molecule has 1 aromatic carbocycles. The maximum Gasteiger partial charge on any atom is 0.222 e. The molecule has 2 fully saturated rings. The van der Waals surface area contributed by atoms with Crippen LogP contribution in [-0.2, 0) is 16.0 Å². The Bertz CT molecular complexity index is 869. The van der Waals surface area contributed by atoms with E-state index in [1.165, 1.54) is 0 Å². The van der Waals surface area contributed by atoms with Crippen LogP contribution in [0, 0.1) is 11.8 Å². The van der Waals surface area contributed by atoms with Crippen molar-refractivity contribution in [1.82, 2.24) is 14.8 Å². The molecule has 0 aliphatic carbocycles. The molecule has 0 spiro atoms. The van der Waals surface area contributed by atoms with Crippen molar-refractivity contribution in [2.45, 2.75) is 25.8 Å². The largest absolute Gasteiger partial charge is 0.497 e. The lowest BCUT2D eigenvalue weighted by atomic mass is 9.89. The highest BCUT2D eigenvalue weighted by atomic mass is 16.5. The Labute approximate surface area is 171 Å². The van der Waals surface area contributed by atoms with Crippen molar-refractivity contribution >= 4 is 11.8 Å². The first-order chi connectivity index (χ1) is 14.1. The minimum atomic E-state index is 0.0152. The highest BCUT2D eigenvalue weighted by molar-refractivity contribution is 5.77. The second-order valence-corrected chi connectivity index (χ2v) is 7.97. The zero-order chi connectivity index (χ0) is 20.4. The smallest absolute Gasteiger partial charge is 0.222 e. The van der Waals surface area contributed by atoms with E-state index in [0.29, 0.717) is 25.4 Å². The molecule has 2 saturated heterocycles. The summed E-state index contributed by atoms with van der Waals surface area (Å²) in [5.74, 6) is 1.69. The van der Waals surface area contributed by atoms with E-state index in [1.54, 1.807) is 26.4 Å². The number of hydrogen-bond acceptors (Lipinski definition) is 4. The molecule has 4 rings (SSSR count). The topological polar surface area (TPSA) is 62.7 Å². The van der Waals surface area contributed by atoms with E-state index in [9.17, 15) is 9.59 Å². The zero-order valence-corrected chi connectivity index (χ0v) is 17.0. The van der Waals surface area contributed by atoms with Crippen molar-refractivity contribution in [1.29, 1.82) is 0 Å². The molecule has 3 heterocycles. The molecule has 2 amide bonds. The zero-order valence-electron chi connectivity index (χ0n) is 17.0. The predicted molar refractivity (Wildman–Crippen MR) is 109 cm³/mol. The number of ether oxygens (including phenoxy) is 1. The monoisotopic (exact) mass is 393 g/mol. The first kappa shape index (κ1) is 19.4. The van der Waals surface area contributed by atoms with Gasteiger partial charge in [-0.3, -0.25) is 14.6 Å². The van der Waals surface area contributed by atoms with Gasteiger partial charge in [0.1, 0.15) is 5.75 Å². The normalized spacial score (nSPS) is 23.2. The van der Waals surface area contributed by atoms with Crippen molar-refractivity contribution < 1.29 is 14.3 Å². The number of carbonyl (C=O) groups excluding carboxylic acids is 2. The summed E-state index contributed by atoms with van der Waals surface area (Å²) in [5, 5.41) is 0. The molecular formula is C23H27N3O3. The van der Waals surface area contributed by atoms with Crippen LogP contribution in [-0.4, -0.2) is 53.3 Å². The fourth-order valence-electron chi connectivity index (χ4n) is 4.76. The van der Waals surface area contributed by atoms with Gasteiger partial charge in [-0.25, -0.2) is 0 Å². The van der Waals surface area contributed by atoms with Gasteiger partial charge in [-0.15, -0.1) is 0 Å². The number of aryl methyl sites for hydroxylation is 1. The maximum absolute atomic E-state index is 12.8. The van der Waals surface area contributed by atoms with Crippen molar-refractivity contribution in [3.8, 4) is 5.75 Å². The van der Waals surface area contributed by atoms with Gasteiger partial charge in [0.25, 0.3) is 0 Å². The van der Waals surface area contributed by atoms with Gasteiger partial charge in [-0.1, -0.05) is 12.1 Å². The van der Waals surface area contributed by atoms with Crippen LogP contribution in [0.15, 0.2) is 48.8 Å². The molecular weight excluding hydrogens is 366 g/mol. The Hall–Kier alpha value is -2.89. The average molecular weight is 393 g/mol. The molecule has 0 radical (unpaired) electrons. The summed E-state index contributed by atoms with van der Waals surface area (Å²) in [5.41, 5.74) is 2.24. The molecule has 6 heteroatoms. The minimum Gasteiger partial charge on any atom is -0.497 e. The number of methoxy groups -OCH3 is 1. The standard InChI is InChI=1S/C23H27N3O3/c1-16(27)26-14-19-13-25(22(28)8-3-17-9-11-24-12-10-17)15-21(19)23(26)18-4-6-20(29-2)7-5-18/h4-7,9-12,19,21,23H,3,8,13-15H2,1-2H3/t19-,21-,23+/m1/s1. The van der Waals surface area contributed by atoms with E-state index < -0.39 is 0 Å². The molecule has 3 atom stereocenters. The van der Waals surface area contributed by atoms with Gasteiger partial charge in [-0.2, -0.15) is 0 Å². The molecule has 29 heavy (non-hydrogen) atoms.